The molecule has 68 valence electrons. The summed E-state index contributed by atoms with van der Waals surface area (Å²) in [5, 5.41) is 0. The SMILES string of the molecule is CCCCCC(Br)CC(Br)Br. The average molecular weight is 351 g/mol. The van der Waals surface area contributed by atoms with Crippen molar-refractivity contribution >= 4 is 47.8 Å². The second kappa shape index (κ2) is 8.06. The molecular weight excluding hydrogens is 336 g/mol. The quantitative estimate of drug-likeness (QED) is 0.475. The van der Waals surface area contributed by atoms with Gasteiger partial charge < -0.3 is 0 Å². The molecule has 0 aliphatic heterocycles. The van der Waals surface area contributed by atoms with Crippen LogP contribution >= 0.6 is 47.8 Å². The van der Waals surface area contributed by atoms with Gasteiger partial charge in [0, 0.05) is 4.83 Å². The third-order valence-corrected chi connectivity index (χ3v) is 3.13. The lowest BCUT2D eigenvalue weighted by Gasteiger charge is -2.09. The van der Waals surface area contributed by atoms with Crippen LogP contribution in [0.25, 0.3) is 0 Å². The summed E-state index contributed by atoms with van der Waals surface area (Å²) in [5.74, 6) is 0. The molecule has 0 saturated heterocycles. The molecule has 0 heterocycles. The Morgan fingerprint density at radius 1 is 1.09 bits per heavy atom. The van der Waals surface area contributed by atoms with Crippen molar-refractivity contribution in [3.63, 3.8) is 0 Å². The fraction of sp³-hybridized carbons (Fsp3) is 1.00. The lowest BCUT2D eigenvalue weighted by Crippen LogP contribution is -2.01. The van der Waals surface area contributed by atoms with E-state index in [0.717, 1.165) is 6.42 Å². The minimum atomic E-state index is 0.459. The lowest BCUT2D eigenvalue weighted by atomic mass is 10.1. The van der Waals surface area contributed by atoms with Crippen molar-refractivity contribution in [2.24, 2.45) is 0 Å². The van der Waals surface area contributed by atoms with Gasteiger partial charge in [0.15, 0.2) is 0 Å². The van der Waals surface area contributed by atoms with Crippen molar-refractivity contribution < 1.29 is 0 Å². The fourth-order valence-corrected chi connectivity index (χ4v) is 3.53. The Morgan fingerprint density at radius 2 is 1.73 bits per heavy atom. The summed E-state index contributed by atoms with van der Waals surface area (Å²) in [4.78, 5) is 0.665. The van der Waals surface area contributed by atoms with Gasteiger partial charge in [0.05, 0.1) is 3.74 Å². The van der Waals surface area contributed by atoms with Gasteiger partial charge in [-0.25, -0.2) is 0 Å². The van der Waals surface area contributed by atoms with E-state index in [2.05, 4.69) is 54.7 Å². The van der Waals surface area contributed by atoms with Crippen LogP contribution in [-0.2, 0) is 0 Å². The van der Waals surface area contributed by atoms with Gasteiger partial charge in [-0.2, -0.15) is 0 Å². The zero-order valence-corrected chi connectivity index (χ0v) is 11.6. The maximum absolute atomic E-state index is 3.65. The normalized spacial score (nSPS) is 13.9. The summed E-state index contributed by atoms with van der Waals surface area (Å²) >= 11 is 10.6. The molecule has 0 N–H and O–H groups in total. The minimum absolute atomic E-state index is 0.459. The molecule has 0 saturated carbocycles. The van der Waals surface area contributed by atoms with Crippen LogP contribution in [0.5, 0.6) is 0 Å². The molecule has 0 radical (unpaired) electrons. The number of unbranched alkanes of at least 4 members (excludes halogenated alkanes) is 2. The highest BCUT2D eigenvalue weighted by Gasteiger charge is 2.07. The van der Waals surface area contributed by atoms with E-state index in [4.69, 9.17) is 0 Å². The molecule has 1 atom stereocenters. The van der Waals surface area contributed by atoms with Crippen LogP contribution < -0.4 is 0 Å². The predicted molar refractivity (Wildman–Crippen MR) is 63.1 cm³/mol. The van der Waals surface area contributed by atoms with Crippen LogP contribution in [0.1, 0.15) is 39.0 Å². The molecule has 0 rings (SSSR count). The molecule has 0 spiro atoms. The third-order valence-electron chi connectivity index (χ3n) is 1.55. The Hall–Kier alpha value is 1.44. The molecule has 0 aliphatic rings. The fourth-order valence-electron chi connectivity index (χ4n) is 0.927. The van der Waals surface area contributed by atoms with Crippen LogP contribution in [0.4, 0.5) is 0 Å². The number of hydrogen-bond donors (Lipinski definition) is 0. The average Bonchev–Trinajstić information content (AvgIpc) is 1.86. The van der Waals surface area contributed by atoms with Crippen LogP contribution in [0.2, 0.25) is 0 Å². The second-order valence-corrected chi connectivity index (χ2v) is 7.45. The van der Waals surface area contributed by atoms with E-state index >= 15 is 0 Å². The van der Waals surface area contributed by atoms with Crippen molar-refractivity contribution in [3.05, 3.63) is 0 Å². The monoisotopic (exact) mass is 348 g/mol. The first-order valence-corrected chi connectivity index (χ1v) is 6.83. The molecule has 3 heteroatoms. The van der Waals surface area contributed by atoms with Gasteiger partial charge in [0.25, 0.3) is 0 Å². The van der Waals surface area contributed by atoms with Crippen molar-refractivity contribution in [2.75, 3.05) is 0 Å². The Labute approximate surface area is 94.9 Å². The molecule has 0 aromatic carbocycles. The first-order valence-electron chi connectivity index (χ1n) is 4.09. The van der Waals surface area contributed by atoms with E-state index in [1.165, 1.54) is 25.7 Å². The summed E-state index contributed by atoms with van der Waals surface area (Å²) in [7, 11) is 0. The summed E-state index contributed by atoms with van der Waals surface area (Å²) in [6.45, 7) is 2.24. The summed E-state index contributed by atoms with van der Waals surface area (Å²) < 4.78 is 0.459. The summed E-state index contributed by atoms with van der Waals surface area (Å²) in [6.07, 6.45) is 6.47. The molecule has 0 amide bonds. The molecule has 0 bridgehead atoms. The topological polar surface area (TPSA) is 0 Å². The van der Waals surface area contributed by atoms with Crippen LogP contribution in [0, 0.1) is 0 Å². The van der Waals surface area contributed by atoms with E-state index in [0.29, 0.717) is 8.56 Å². The van der Waals surface area contributed by atoms with E-state index in [1.807, 2.05) is 0 Å². The third kappa shape index (κ3) is 9.35. The van der Waals surface area contributed by atoms with Crippen LogP contribution in [-0.4, -0.2) is 8.56 Å². The molecule has 11 heavy (non-hydrogen) atoms. The van der Waals surface area contributed by atoms with Crippen LogP contribution in [0.3, 0.4) is 0 Å². The lowest BCUT2D eigenvalue weighted by molar-refractivity contribution is 0.641. The highest BCUT2D eigenvalue weighted by molar-refractivity contribution is 9.24. The van der Waals surface area contributed by atoms with Crippen molar-refractivity contribution in [1.29, 1.82) is 0 Å². The standard InChI is InChI=1S/C8H15Br3/c1-2-3-4-5-7(9)6-8(10)11/h7-8H,2-6H2,1H3. The van der Waals surface area contributed by atoms with Crippen LogP contribution in [0.15, 0.2) is 0 Å². The van der Waals surface area contributed by atoms with Gasteiger partial charge >= 0.3 is 0 Å². The molecule has 1 unspecified atom stereocenters. The molecule has 0 aliphatic carbocycles. The van der Waals surface area contributed by atoms with Gasteiger partial charge in [0.1, 0.15) is 0 Å². The predicted octanol–water partition coefficient (Wildman–Crippen LogP) is 4.84. The Bertz CT molecular complexity index is 83.4. The maximum atomic E-state index is 3.65. The molecular formula is C8H15Br3. The zero-order chi connectivity index (χ0) is 8.69. The minimum Gasteiger partial charge on any atom is -0.0890 e. The number of alkyl halides is 3. The highest BCUT2D eigenvalue weighted by atomic mass is 79.9. The van der Waals surface area contributed by atoms with Crippen molar-refractivity contribution in [1.82, 2.24) is 0 Å². The van der Waals surface area contributed by atoms with Gasteiger partial charge in [-0.3, -0.25) is 0 Å². The van der Waals surface area contributed by atoms with Gasteiger partial charge in [-0.05, 0) is 12.8 Å². The molecule has 0 fully saturated rings. The zero-order valence-electron chi connectivity index (χ0n) is 6.82. The van der Waals surface area contributed by atoms with Gasteiger partial charge in [0.2, 0.25) is 0 Å². The Kier molecular flexibility index (Phi) is 9.11. The van der Waals surface area contributed by atoms with Gasteiger partial charge in [-0.1, -0.05) is 74.0 Å². The van der Waals surface area contributed by atoms with E-state index < -0.39 is 0 Å². The first-order chi connectivity index (χ1) is 5.16. The largest absolute Gasteiger partial charge is 0.0890 e. The molecule has 0 nitrogen and oxygen atoms in total. The van der Waals surface area contributed by atoms with Crippen molar-refractivity contribution in [3.8, 4) is 0 Å². The second-order valence-electron chi connectivity index (χ2n) is 2.72. The van der Waals surface area contributed by atoms with E-state index in [9.17, 15) is 0 Å². The van der Waals surface area contributed by atoms with E-state index in [1.54, 1.807) is 0 Å². The summed E-state index contributed by atoms with van der Waals surface area (Å²) in [5.41, 5.74) is 0. The first kappa shape index (κ1) is 12.4. The molecule has 0 aromatic rings. The van der Waals surface area contributed by atoms with Crippen molar-refractivity contribution in [2.45, 2.75) is 47.6 Å². The molecule has 0 aromatic heterocycles. The number of rotatable bonds is 6. The Balaban J connectivity index is 3.15. The number of hydrogen-bond acceptors (Lipinski definition) is 0. The van der Waals surface area contributed by atoms with E-state index in [-0.39, 0.29) is 0 Å². The number of halogens is 3. The maximum Gasteiger partial charge on any atom is 0.0708 e. The summed E-state index contributed by atoms with van der Waals surface area (Å²) in [6, 6.07) is 0. The smallest absolute Gasteiger partial charge is 0.0708 e. The van der Waals surface area contributed by atoms with Gasteiger partial charge in [-0.15, -0.1) is 0 Å². The Morgan fingerprint density at radius 3 is 2.18 bits per heavy atom. The highest BCUT2D eigenvalue weighted by Crippen LogP contribution is 2.23.